The van der Waals surface area contributed by atoms with Crippen LogP contribution in [-0.4, -0.2) is 40.7 Å². The SMILES string of the molecule is N[C@@H]1CC[C@H](NCc2cccc3c2C(=O)N(C2CCC(=O)NC2=O)C3)C1. The zero-order valence-corrected chi connectivity index (χ0v) is 14.7. The first kappa shape index (κ1) is 17.2. The van der Waals surface area contributed by atoms with Crippen molar-refractivity contribution in [3.05, 3.63) is 34.9 Å². The van der Waals surface area contributed by atoms with E-state index in [0.29, 0.717) is 31.1 Å². The van der Waals surface area contributed by atoms with Crippen molar-refractivity contribution in [1.82, 2.24) is 15.5 Å². The molecule has 3 atom stereocenters. The van der Waals surface area contributed by atoms with E-state index >= 15 is 0 Å². The smallest absolute Gasteiger partial charge is 0.255 e. The summed E-state index contributed by atoms with van der Waals surface area (Å²) in [6.45, 7) is 1.04. The molecule has 1 aromatic carbocycles. The summed E-state index contributed by atoms with van der Waals surface area (Å²) in [7, 11) is 0. The zero-order chi connectivity index (χ0) is 18.3. The highest BCUT2D eigenvalue weighted by atomic mass is 16.2. The van der Waals surface area contributed by atoms with Crippen LogP contribution in [0, 0.1) is 0 Å². The lowest BCUT2D eigenvalue weighted by atomic mass is 10.0. The van der Waals surface area contributed by atoms with Crippen molar-refractivity contribution in [3.8, 4) is 0 Å². The minimum atomic E-state index is -0.568. The predicted molar refractivity (Wildman–Crippen MR) is 94.9 cm³/mol. The van der Waals surface area contributed by atoms with Crippen molar-refractivity contribution in [2.24, 2.45) is 5.73 Å². The van der Waals surface area contributed by atoms with Crippen LogP contribution in [-0.2, 0) is 22.7 Å². The van der Waals surface area contributed by atoms with Crippen LogP contribution in [0.3, 0.4) is 0 Å². The van der Waals surface area contributed by atoms with Crippen LogP contribution < -0.4 is 16.4 Å². The highest BCUT2D eigenvalue weighted by Gasteiger charge is 2.39. The summed E-state index contributed by atoms with van der Waals surface area (Å²) < 4.78 is 0. The number of imide groups is 1. The summed E-state index contributed by atoms with van der Waals surface area (Å²) in [5.74, 6) is -0.757. The number of hydrogen-bond acceptors (Lipinski definition) is 5. The van der Waals surface area contributed by atoms with Crippen molar-refractivity contribution in [2.75, 3.05) is 0 Å². The van der Waals surface area contributed by atoms with Crippen molar-refractivity contribution in [3.63, 3.8) is 0 Å². The second-order valence-electron chi connectivity index (χ2n) is 7.50. The number of amides is 3. The molecule has 2 fully saturated rings. The molecule has 4 rings (SSSR count). The maximum Gasteiger partial charge on any atom is 0.255 e. The molecule has 7 nitrogen and oxygen atoms in total. The van der Waals surface area contributed by atoms with Gasteiger partial charge in [0.1, 0.15) is 6.04 Å². The highest BCUT2D eigenvalue weighted by molar-refractivity contribution is 6.05. The van der Waals surface area contributed by atoms with E-state index in [1.165, 1.54) is 0 Å². The average Bonchev–Trinajstić information content (AvgIpc) is 3.17. The number of benzene rings is 1. The lowest BCUT2D eigenvalue weighted by Gasteiger charge is -2.29. The maximum absolute atomic E-state index is 13.0. The summed E-state index contributed by atoms with van der Waals surface area (Å²) in [6, 6.07) is 5.95. The van der Waals surface area contributed by atoms with E-state index in [4.69, 9.17) is 5.73 Å². The molecule has 26 heavy (non-hydrogen) atoms. The van der Waals surface area contributed by atoms with Crippen LogP contribution in [0.5, 0.6) is 0 Å². The van der Waals surface area contributed by atoms with Crippen molar-refractivity contribution >= 4 is 17.7 Å². The summed E-state index contributed by atoms with van der Waals surface area (Å²) in [4.78, 5) is 38.1. The van der Waals surface area contributed by atoms with Crippen LogP contribution >= 0.6 is 0 Å². The normalized spacial score (nSPS) is 28.4. The topological polar surface area (TPSA) is 105 Å². The minimum Gasteiger partial charge on any atom is -0.328 e. The van der Waals surface area contributed by atoms with Gasteiger partial charge in [0, 0.05) is 37.2 Å². The van der Waals surface area contributed by atoms with Gasteiger partial charge in [0.15, 0.2) is 0 Å². The van der Waals surface area contributed by atoms with Gasteiger partial charge in [-0.05, 0) is 36.8 Å². The first-order chi connectivity index (χ1) is 12.5. The van der Waals surface area contributed by atoms with Crippen LogP contribution in [0.4, 0.5) is 0 Å². The van der Waals surface area contributed by atoms with Crippen molar-refractivity contribution in [1.29, 1.82) is 0 Å². The third-order valence-corrected chi connectivity index (χ3v) is 5.69. The van der Waals surface area contributed by atoms with E-state index in [2.05, 4.69) is 10.6 Å². The molecule has 2 aliphatic heterocycles. The van der Waals surface area contributed by atoms with Gasteiger partial charge in [-0.25, -0.2) is 0 Å². The second kappa shape index (κ2) is 6.81. The minimum absolute atomic E-state index is 0.116. The molecular weight excluding hydrogens is 332 g/mol. The molecule has 0 spiro atoms. The number of nitrogens with one attached hydrogen (secondary N) is 2. The van der Waals surface area contributed by atoms with Crippen LogP contribution in [0.2, 0.25) is 0 Å². The predicted octanol–water partition coefficient (Wildman–Crippen LogP) is 0.417. The van der Waals surface area contributed by atoms with Gasteiger partial charge in [-0.3, -0.25) is 19.7 Å². The molecule has 2 heterocycles. The molecule has 0 bridgehead atoms. The lowest BCUT2D eigenvalue weighted by Crippen LogP contribution is -2.52. The number of nitrogens with two attached hydrogens (primary N) is 1. The van der Waals surface area contributed by atoms with Gasteiger partial charge in [-0.15, -0.1) is 0 Å². The lowest BCUT2D eigenvalue weighted by molar-refractivity contribution is -0.136. The van der Waals surface area contributed by atoms with E-state index in [1.807, 2.05) is 18.2 Å². The number of fused-ring (bicyclic) bond motifs is 1. The van der Waals surface area contributed by atoms with Gasteiger partial charge in [0.2, 0.25) is 11.8 Å². The molecule has 3 amide bonds. The molecule has 3 aliphatic rings. The highest BCUT2D eigenvalue weighted by Crippen LogP contribution is 2.30. The Balaban J connectivity index is 1.49. The third-order valence-electron chi connectivity index (χ3n) is 5.69. The van der Waals surface area contributed by atoms with Gasteiger partial charge >= 0.3 is 0 Å². The third kappa shape index (κ3) is 3.12. The van der Waals surface area contributed by atoms with Gasteiger partial charge in [0.25, 0.3) is 5.91 Å². The van der Waals surface area contributed by atoms with Crippen molar-refractivity contribution < 1.29 is 14.4 Å². The fraction of sp³-hybridized carbons (Fsp3) is 0.526. The fourth-order valence-corrected chi connectivity index (χ4v) is 4.29. The molecule has 7 heteroatoms. The number of carbonyl (C=O) groups excluding carboxylic acids is 3. The summed E-state index contributed by atoms with van der Waals surface area (Å²) in [5, 5.41) is 5.85. The van der Waals surface area contributed by atoms with Crippen LogP contribution in [0.25, 0.3) is 0 Å². The van der Waals surface area contributed by atoms with E-state index in [9.17, 15) is 14.4 Å². The first-order valence-corrected chi connectivity index (χ1v) is 9.27. The van der Waals surface area contributed by atoms with E-state index in [-0.39, 0.29) is 30.2 Å². The Morgan fingerprint density at radius 3 is 2.77 bits per heavy atom. The molecule has 1 aromatic rings. The second-order valence-corrected chi connectivity index (χ2v) is 7.50. The number of rotatable bonds is 4. The Morgan fingerprint density at radius 1 is 1.19 bits per heavy atom. The van der Waals surface area contributed by atoms with E-state index in [1.54, 1.807) is 4.90 Å². The Kier molecular flexibility index (Phi) is 4.50. The molecular formula is C19H24N4O3. The van der Waals surface area contributed by atoms with Gasteiger partial charge in [-0.1, -0.05) is 18.2 Å². The largest absolute Gasteiger partial charge is 0.328 e. The Morgan fingerprint density at radius 2 is 2.04 bits per heavy atom. The molecule has 0 aromatic heterocycles. The monoisotopic (exact) mass is 356 g/mol. The first-order valence-electron chi connectivity index (χ1n) is 9.27. The quantitative estimate of drug-likeness (QED) is 0.678. The van der Waals surface area contributed by atoms with Gasteiger partial charge in [0.05, 0.1) is 0 Å². The van der Waals surface area contributed by atoms with Gasteiger partial charge < -0.3 is 16.0 Å². The summed E-state index contributed by atoms with van der Waals surface area (Å²) in [6.07, 6.45) is 3.72. The summed E-state index contributed by atoms with van der Waals surface area (Å²) >= 11 is 0. The molecule has 1 aliphatic carbocycles. The summed E-state index contributed by atoms with van der Waals surface area (Å²) in [5.41, 5.74) is 8.58. The Hall–Kier alpha value is -2.25. The zero-order valence-electron chi connectivity index (χ0n) is 14.7. The number of carbonyl (C=O) groups is 3. The number of nitrogens with zero attached hydrogens (tertiary/aromatic N) is 1. The fourth-order valence-electron chi connectivity index (χ4n) is 4.29. The van der Waals surface area contributed by atoms with E-state index in [0.717, 1.165) is 30.4 Å². The molecule has 1 unspecified atom stereocenters. The molecule has 1 saturated heterocycles. The van der Waals surface area contributed by atoms with Crippen molar-refractivity contribution in [2.45, 2.75) is 63.3 Å². The maximum atomic E-state index is 13.0. The van der Waals surface area contributed by atoms with Gasteiger partial charge in [-0.2, -0.15) is 0 Å². The standard InChI is InChI=1S/C19H24N4O3/c20-13-4-5-14(8-13)21-9-11-2-1-3-12-10-23(19(26)17(11)12)15-6-7-16(24)22-18(15)25/h1-3,13-15,21H,4-10,20H2,(H,22,24,25)/t13-,14+,15?/m1/s1. The molecule has 138 valence electrons. The average molecular weight is 356 g/mol. The number of hydrogen-bond donors (Lipinski definition) is 3. The Labute approximate surface area is 152 Å². The molecule has 1 saturated carbocycles. The van der Waals surface area contributed by atoms with Crippen LogP contribution in [0.1, 0.15) is 53.6 Å². The van der Waals surface area contributed by atoms with Crippen LogP contribution in [0.15, 0.2) is 18.2 Å². The number of piperidine rings is 1. The van der Waals surface area contributed by atoms with E-state index < -0.39 is 6.04 Å². The Bertz CT molecular complexity index is 763. The molecule has 0 radical (unpaired) electrons. The molecule has 4 N–H and O–H groups in total.